The summed E-state index contributed by atoms with van der Waals surface area (Å²) in [6.07, 6.45) is 0.906. The van der Waals surface area contributed by atoms with E-state index in [0.29, 0.717) is 28.4 Å². The smallest absolute Gasteiger partial charge is 0.262 e. The summed E-state index contributed by atoms with van der Waals surface area (Å²) >= 11 is 1.48. The molecule has 152 valence electrons. The molecule has 2 aromatic carbocycles. The Balaban J connectivity index is 1.55. The summed E-state index contributed by atoms with van der Waals surface area (Å²) in [5.41, 5.74) is 1.57. The van der Waals surface area contributed by atoms with E-state index in [2.05, 4.69) is 0 Å². The van der Waals surface area contributed by atoms with Crippen molar-refractivity contribution >= 4 is 22.7 Å². The Morgan fingerprint density at radius 1 is 1.14 bits per heavy atom. The third-order valence-corrected chi connectivity index (χ3v) is 6.24. The monoisotopic (exact) mass is 414 g/mol. The number of aromatic nitrogens is 2. The summed E-state index contributed by atoms with van der Waals surface area (Å²) in [6, 6.07) is 14.0. The number of rotatable bonds is 7. The maximum atomic E-state index is 13.5. The molecular formula is C22H25FN3O2S+. The van der Waals surface area contributed by atoms with E-state index in [1.807, 2.05) is 30.3 Å². The normalized spacial score (nSPS) is 15.1. The predicted octanol–water partition coefficient (Wildman–Crippen LogP) is 2.13. The molecule has 0 unspecified atom stereocenters. The molecule has 0 spiro atoms. The van der Waals surface area contributed by atoms with Crippen molar-refractivity contribution in [2.75, 3.05) is 32.8 Å². The molecule has 4 rings (SSSR count). The molecule has 7 heteroatoms. The van der Waals surface area contributed by atoms with Crippen molar-refractivity contribution in [3.8, 4) is 0 Å². The Morgan fingerprint density at radius 3 is 2.79 bits per heavy atom. The number of morpholine rings is 1. The third kappa shape index (κ3) is 5.04. The summed E-state index contributed by atoms with van der Waals surface area (Å²) < 4.78 is 20.7. The Kier molecular flexibility index (Phi) is 6.59. The maximum absolute atomic E-state index is 13.5. The molecule has 0 atom stereocenters. The van der Waals surface area contributed by atoms with Crippen molar-refractivity contribution in [2.45, 2.75) is 23.9 Å². The van der Waals surface area contributed by atoms with Crippen LogP contribution >= 0.6 is 11.8 Å². The highest BCUT2D eigenvalue weighted by Gasteiger charge is 2.15. The first-order valence-corrected chi connectivity index (χ1v) is 11.0. The molecule has 1 N–H and O–H groups in total. The van der Waals surface area contributed by atoms with Gasteiger partial charge in [0.05, 0.1) is 30.7 Å². The van der Waals surface area contributed by atoms with Crippen molar-refractivity contribution in [1.29, 1.82) is 0 Å². The SMILES string of the molecule is O=c1c2ccccc2nc(SCc2cccc(F)c2)n1CCC[NH+]1CCOCC1. The number of benzene rings is 2. The van der Waals surface area contributed by atoms with Crippen molar-refractivity contribution in [3.63, 3.8) is 0 Å². The van der Waals surface area contributed by atoms with Crippen LogP contribution in [0.5, 0.6) is 0 Å². The average molecular weight is 415 g/mol. The Hall–Kier alpha value is -2.22. The van der Waals surface area contributed by atoms with Gasteiger partial charge in [-0.3, -0.25) is 9.36 Å². The Morgan fingerprint density at radius 2 is 1.97 bits per heavy atom. The fourth-order valence-corrected chi connectivity index (χ4v) is 4.60. The quantitative estimate of drug-likeness (QED) is 0.475. The molecular weight excluding hydrogens is 389 g/mol. The van der Waals surface area contributed by atoms with Gasteiger partial charge in [-0.2, -0.15) is 0 Å². The van der Waals surface area contributed by atoms with Crippen molar-refractivity contribution in [3.05, 3.63) is 70.3 Å². The molecule has 0 amide bonds. The fourth-order valence-electron chi connectivity index (χ4n) is 3.63. The number of thioether (sulfide) groups is 1. The second kappa shape index (κ2) is 9.52. The van der Waals surface area contributed by atoms with Crippen LogP contribution in [0.4, 0.5) is 4.39 Å². The highest BCUT2D eigenvalue weighted by molar-refractivity contribution is 7.98. The molecule has 5 nitrogen and oxygen atoms in total. The van der Waals surface area contributed by atoms with E-state index < -0.39 is 0 Å². The van der Waals surface area contributed by atoms with E-state index >= 15 is 0 Å². The van der Waals surface area contributed by atoms with Crippen LogP contribution in [0.2, 0.25) is 0 Å². The Labute approximate surface area is 173 Å². The number of nitrogens with one attached hydrogen (secondary N) is 1. The standard InChI is InChI=1S/C22H24FN3O2S/c23-18-6-3-5-17(15-18)16-29-22-24-20-8-2-1-7-19(20)21(27)26(22)10-4-9-25-11-13-28-14-12-25/h1-3,5-8,15H,4,9-14,16H2/p+1. The number of para-hydroxylation sites is 1. The minimum atomic E-state index is -0.250. The second-order valence-corrected chi connectivity index (χ2v) is 8.20. The summed E-state index contributed by atoms with van der Waals surface area (Å²) in [5.74, 6) is 0.317. The fraction of sp³-hybridized carbons (Fsp3) is 0.364. The van der Waals surface area contributed by atoms with Crippen LogP contribution in [-0.2, 0) is 17.0 Å². The van der Waals surface area contributed by atoms with Gasteiger partial charge in [0, 0.05) is 18.7 Å². The van der Waals surface area contributed by atoms with Gasteiger partial charge in [0.25, 0.3) is 5.56 Å². The maximum Gasteiger partial charge on any atom is 0.262 e. The molecule has 0 bridgehead atoms. The number of quaternary nitrogens is 1. The van der Waals surface area contributed by atoms with Gasteiger partial charge in [-0.05, 0) is 29.8 Å². The van der Waals surface area contributed by atoms with Crippen LogP contribution in [0, 0.1) is 5.82 Å². The van der Waals surface area contributed by atoms with Gasteiger partial charge in [0.2, 0.25) is 0 Å². The van der Waals surface area contributed by atoms with Gasteiger partial charge < -0.3 is 9.64 Å². The van der Waals surface area contributed by atoms with Gasteiger partial charge in [-0.15, -0.1) is 0 Å². The molecule has 0 aliphatic carbocycles. The van der Waals surface area contributed by atoms with E-state index in [0.717, 1.165) is 44.8 Å². The number of ether oxygens (including phenoxy) is 1. The highest BCUT2D eigenvalue weighted by Crippen LogP contribution is 2.22. The molecule has 1 saturated heterocycles. The zero-order chi connectivity index (χ0) is 20.1. The van der Waals surface area contributed by atoms with Crippen LogP contribution in [0.15, 0.2) is 58.5 Å². The van der Waals surface area contributed by atoms with Crippen LogP contribution in [-0.4, -0.2) is 42.4 Å². The summed E-state index contributed by atoms with van der Waals surface area (Å²) in [6.45, 7) is 5.30. The van der Waals surface area contributed by atoms with Crippen molar-refractivity contribution < 1.29 is 14.0 Å². The topological polar surface area (TPSA) is 48.6 Å². The highest BCUT2D eigenvalue weighted by atomic mass is 32.2. The van der Waals surface area contributed by atoms with E-state index in [1.165, 1.54) is 28.8 Å². The largest absolute Gasteiger partial charge is 0.370 e. The predicted molar refractivity (Wildman–Crippen MR) is 113 cm³/mol. The number of fused-ring (bicyclic) bond motifs is 1. The molecule has 3 aromatic rings. The van der Waals surface area contributed by atoms with E-state index in [4.69, 9.17) is 9.72 Å². The molecule has 1 aromatic heterocycles. The minimum absolute atomic E-state index is 0.00526. The zero-order valence-corrected chi connectivity index (χ0v) is 17.1. The van der Waals surface area contributed by atoms with Crippen LogP contribution in [0.3, 0.4) is 0 Å². The lowest BCUT2D eigenvalue weighted by Crippen LogP contribution is -3.14. The zero-order valence-electron chi connectivity index (χ0n) is 16.3. The van der Waals surface area contributed by atoms with Gasteiger partial charge in [0.1, 0.15) is 18.9 Å². The van der Waals surface area contributed by atoms with Crippen LogP contribution < -0.4 is 10.5 Å². The molecule has 1 fully saturated rings. The van der Waals surface area contributed by atoms with E-state index in [-0.39, 0.29) is 11.4 Å². The number of halogens is 1. The second-order valence-electron chi connectivity index (χ2n) is 7.25. The van der Waals surface area contributed by atoms with Crippen LogP contribution in [0.1, 0.15) is 12.0 Å². The molecule has 0 saturated carbocycles. The molecule has 1 aliphatic rings. The van der Waals surface area contributed by atoms with Crippen molar-refractivity contribution in [2.24, 2.45) is 0 Å². The Bertz CT molecular complexity index is 1030. The molecule has 1 aliphatic heterocycles. The first-order valence-electron chi connectivity index (χ1n) is 9.99. The van der Waals surface area contributed by atoms with Gasteiger partial charge in [-0.25, -0.2) is 9.37 Å². The number of nitrogens with zero attached hydrogens (tertiary/aromatic N) is 2. The summed E-state index contributed by atoms with van der Waals surface area (Å²) in [7, 11) is 0. The van der Waals surface area contributed by atoms with Crippen LogP contribution in [0.25, 0.3) is 10.9 Å². The average Bonchev–Trinajstić information content (AvgIpc) is 2.75. The van der Waals surface area contributed by atoms with Gasteiger partial charge >= 0.3 is 0 Å². The van der Waals surface area contributed by atoms with Crippen molar-refractivity contribution in [1.82, 2.24) is 9.55 Å². The summed E-state index contributed by atoms with van der Waals surface area (Å²) in [5, 5.41) is 1.33. The minimum Gasteiger partial charge on any atom is -0.370 e. The lowest BCUT2D eigenvalue weighted by molar-refractivity contribution is -0.908. The van der Waals surface area contributed by atoms with Gasteiger partial charge in [0.15, 0.2) is 5.16 Å². The van der Waals surface area contributed by atoms with Gasteiger partial charge in [-0.1, -0.05) is 36.0 Å². The molecule has 2 heterocycles. The number of hydrogen-bond acceptors (Lipinski definition) is 4. The number of hydrogen-bond donors (Lipinski definition) is 1. The third-order valence-electron chi connectivity index (χ3n) is 5.20. The van der Waals surface area contributed by atoms with E-state index in [1.54, 1.807) is 10.6 Å². The first kappa shape index (κ1) is 20.1. The van der Waals surface area contributed by atoms with E-state index in [9.17, 15) is 9.18 Å². The summed E-state index contributed by atoms with van der Waals surface area (Å²) in [4.78, 5) is 19.4. The molecule has 29 heavy (non-hydrogen) atoms. The molecule has 0 radical (unpaired) electrons. The first-order chi connectivity index (χ1) is 14.2. The lowest BCUT2D eigenvalue weighted by atomic mass is 10.2. The lowest BCUT2D eigenvalue weighted by Gasteiger charge is -2.24.